The smallest absolute Gasteiger partial charge is 0.257 e. The molecule has 2 bridgehead atoms. The SMILES string of the molecule is COc1ccc(/C(C)=C/C2=C(C)C3(C(C)CC4CC(C)CC3C4)[C@H]3C(=O)N(CCN)C(=O)C3=C2C)cc1. The minimum absolute atomic E-state index is 0.0254. The maximum absolute atomic E-state index is 14.1. The van der Waals surface area contributed by atoms with Gasteiger partial charge in [0.1, 0.15) is 5.75 Å². The lowest BCUT2D eigenvalue weighted by molar-refractivity contribution is -0.143. The van der Waals surface area contributed by atoms with E-state index in [1.54, 1.807) is 7.11 Å². The third kappa shape index (κ3) is 3.84. The number of allylic oxidation sites excluding steroid dienone is 5. The lowest BCUT2D eigenvalue weighted by Gasteiger charge is -2.59. The van der Waals surface area contributed by atoms with Crippen LogP contribution >= 0.6 is 0 Å². The Morgan fingerprint density at radius 3 is 2.46 bits per heavy atom. The van der Waals surface area contributed by atoms with Crippen LogP contribution in [0.5, 0.6) is 5.75 Å². The number of imide groups is 1. The predicted molar refractivity (Wildman–Crippen MR) is 148 cm³/mol. The first-order chi connectivity index (χ1) is 17.6. The zero-order valence-corrected chi connectivity index (χ0v) is 23.3. The van der Waals surface area contributed by atoms with Crippen molar-refractivity contribution in [2.75, 3.05) is 20.2 Å². The number of carbonyl (C=O) groups is 2. The van der Waals surface area contributed by atoms with Crippen LogP contribution in [0.3, 0.4) is 0 Å². The van der Waals surface area contributed by atoms with Gasteiger partial charge in [-0.15, -0.1) is 0 Å². The van der Waals surface area contributed by atoms with Gasteiger partial charge in [0, 0.05) is 24.1 Å². The second-order valence-electron chi connectivity index (χ2n) is 12.1. The van der Waals surface area contributed by atoms with E-state index in [0.717, 1.165) is 52.9 Å². The summed E-state index contributed by atoms with van der Waals surface area (Å²) in [4.78, 5) is 29.4. The molecule has 2 N–H and O–H groups in total. The van der Waals surface area contributed by atoms with E-state index in [2.05, 4.69) is 45.9 Å². The molecule has 3 fully saturated rings. The molecule has 5 rings (SSSR count). The number of ether oxygens (including phenoxy) is 1. The van der Waals surface area contributed by atoms with E-state index >= 15 is 0 Å². The van der Waals surface area contributed by atoms with Crippen LogP contribution < -0.4 is 10.5 Å². The zero-order valence-electron chi connectivity index (χ0n) is 23.3. The highest BCUT2D eigenvalue weighted by Gasteiger charge is 2.64. The van der Waals surface area contributed by atoms with Gasteiger partial charge < -0.3 is 10.5 Å². The van der Waals surface area contributed by atoms with Gasteiger partial charge in [0.05, 0.1) is 13.0 Å². The Labute approximate surface area is 221 Å². The first-order valence-electron chi connectivity index (χ1n) is 14.0. The molecule has 1 aliphatic heterocycles. The number of carbonyl (C=O) groups excluding carboxylic acids is 2. The monoisotopic (exact) mass is 502 g/mol. The molecule has 3 aliphatic carbocycles. The van der Waals surface area contributed by atoms with Gasteiger partial charge in [-0.25, -0.2) is 0 Å². The number of amides is 2. The van der Waals surface area contributed by atoms with E-state index in [1.165, 1.54) is 16.9 Å². The Hall–Kier alpha value is -2.66. The third-order valence-corrected chi connectivity index (χ3v) is 10.1. The topological polar surface area (TPSA) is 72.6 Å². The number of nitrogens with zero attached hydrogens (tertiary/aromatic N) is 1. The summed E-state index contributed by atoms with van der Waals surface area (Å²) in [5.41, 5.74) is 11.9. The fraction of sp³-hybridized carbons (Fsp3) is 0.562. The summed E-state index contributed by atoms with van der Waals surface area (Å²) < 4.78 is 5.35. The van der Waals surface area contributed by atoms with Crippen LogP contribution in [0.15, 0.2) is 52.6 Å². The number of nitrogens with two attached hydrogens (primary N) is 1. The molecule has 1 aromatic rings. The molecule has 5 unspecified atom stereocenters. The summed E-state index contributed by atoms with van der Waals surface area (Å²) in [6.07, 6.45) is 6.93. The van der Waals surface area contributed by atoms with Crippen LogP contribution in [0.2, 0.25) is 0 Å². The van der Waals surface area contributed by atoms with Crippen molar-refractivity contribution in [1.82, 2.24) is 4.90 Å². The summed E-state index contributed by atoms with van der Waals surface area (Å²) >= 11 is 0. The highest BCUT2D eigenvalue weighted by atomic mass is 16.5. The number of likely N-dealkylation sites (tertiary alicyclic amines) is 1. The van der Waals surface area contributed by atoms with E-state index in [1.807, 2.05) is 19.1 Å². The quantitative estimate of drug-likeness (QED) is 0.519. The molecule has 1 spiro atoms. The van der Waals surface area contributed by atoms with Crippen LogP contribution in [-0.4, -0.2) is 36.9 Å². The first-order valence-corrected chi connectivity index (χ1v) is 14.0. The molecule has 2 saturated carbocycles. The number of hydrogen-bond acceptors (Lipinski definition) is 4. The summed E-state index contributed by atoms with van der Waals surface area (Å²) in [5.74, 6) is 2.37. The molecule has 2 amide bonds. The standard InChI is InChI=1S/C32H42N2O3/c1-18-13-23-16-20(3)32(25(14-18)17-23)22(5)27(15-19(2)24-7-9-26(37-6)10-8-24)21(4)28-29(32)31(36)34(12-11-33)30(28)35/h7-10,15,18,20,23,25,29H,11-14,16-17,33H2,1-6H3/b19-15+/t18?,20?,23?,25?,29-,32?/m1/s1. The first kappa shape index (κ1) is 26.0. The van der Waals surface area contributed by atoms with Gasteiger partial charge in [0.25, 0.3) is 5.91 Å². The van der Waals surface area contributed by atoms with Gasteiger partial charge in [-0.1, -0.05) is 37.6 Å². The van der Waals surface area contributed by atoms with Crippen molar-refractivity contribution in [1.29, 1.82) is 0 Å². The van der Waals surface area contributed by atoms with Crippen LogP contribution in [0.4, 0.5) is 0 Å². The summed E-state index contributed by atoms with van der Waals surface area (Å²) in [5, 5.41) is 0. The molecule has 5 nitrogen and oxygen atoms in total. The zero-order chi connectivity index (χ0) is 26.6. The average molecular weight is 503 g/mol. The molecule has 37 heavy (non-hydrogen) atoms. The molecule has 0 radical (unpaired) electrons. The van der Waals surface area contributed by atoms with Crippen LogP contribution in [-0.2, 0) is 9.59 Å². The number of benzene rings is 1. The van der Waals surface area contributed by atoms with Crippen molar-refractivity contribution in [2.45, 2.75) is 60.3 Å². The largest absolute Gasteiger partial charge is 0.497 e. The number of fused-ring (bicyclic) bond motifs is 5. The van der Waals surface area contributed by atoms with Crippen molar-refractivity contribution in [2.24, 2.45) is 40.7 Å². The second kappa shape index (κ2) is 9.58. The Balaban J connectivity index is 1.72. The molecule has 198 valence electrons. The van der Waals surface area contributed by atoms with Crippen molar-refractivity contribution in [3.8, 4) is 5.75 Å². The van der Waals surface area contributed by atoms with E-state index in [4.69, 9.17) is 10.5 Å². The van der Waals surface area contributed by atoms with E-state index in [-0.39, 0.29) is 30.3 Å². The average Bonchev–Trinajstić information content (AvgIpc) is 3.11. The molecule has 0 aromatic heterocycles. The molecule has 6 atom stereocenters. The molecule has 1 saturated heterocycles. The van der Waals surface area contributed by atoms with Gasteiger partial charge in [-0.05, 0) is 105 Å². The number of hydrogen-bond donors (Lipinski definition) is 1. The van der Waals surface area contributed by atoms with Gasteiger partial charge >= 0.3 is 0 Å². The van der Waals surface area contributed by atoms with Crippen LogP contribution in [0.25, 0.3) is 5.57 Å². The lowest BCUT2D eigenvalue weighted by atomic mass is 9.44. The van der Waals surface area contributed by atoms with Gasteiger partial charge in [-0.2, -0.15) is 0 Å². The maximum Gasteiger partial charge on any atom is 0.257 e. The minimum atomic E-state index is -0.392. The Morgan fingerprint density at radius 2 is 1.81 bits per heavy atom. The van der Waals surface area contributed by atoms with Crippen LogP contribution in [0, 0.1) is 35.0 Å². The molecule has 1 aromatic carbocycles. The number of rotatable bonds is 5. The maximum atomic E-state index is 14.1. The van der Waals surface area contributed by atoms with Gasteiger partial charge in [-0.3, -0.25) is 14.5 Å². The van der Waals surface area contributed by atoms with Crippen molar-refractivity contribution < 1.29 is 14.3 Å². The normalized spacial score (nSPS) is 34.0. The molecular formula is C32H42N2O3. The van der Waals surface area contributed by atoms with Gasteiger partial charge in [0.15, 0.2) is 0 Å². The van der Waals surface area contributed by atoms with E-state index < -0.39 is 5.92 Å². The molecular weight excluding hydrogens is 460 g/mol. The fourth-order valence-electron chi connectivity index (χ4n) is 8.68. The van der Waals surface area contributed by atoms with E-state index in [9.17, 15) is 9.59 Å². The van der Waals surface area contributed by atoms with Crippen molar-refractivity contribution in [3.63, 3.8) is 0 Å². The van der Waals surface area contributed by atoms with Gasteiger partial charge in [0.2, 0.25) is 5.91 Å². The summed E-state index contributed by atoms with van der Waals surface area (Å²) in [7, 11) is 1.68. The fourth-order valence-corrected chi connectivity index (χ4v) is 8.68. The Bertz CT molecular complexity index is 1200. The highest BCUT2D eigenvalue weighted by Crippen LogP contribution is 2.66. The predicted octanol–water partition coefficient (Wildman–Crippen LogP) is 5.77. The summed E-state index contributed by atoms with van der Waals surface area (Å²) in [6.45, 7) is 11.7. The molecule has 1 heterocycles. The number of methoxy groups -OCH3 is 1. The van der Waals surface area contributed by atoms with E-state index in [0.29, 0.717) is 23.7 Å². The highest BCUT2D eigenvalue weighted by molar-refractivity contribution is 6.16. The Kier molecular flexibility index (Phi) is 6.72. The lowest BCUT2D eigenvalue weighted by Crippen LogP contribution is -2.55. The third-order valence-electron chi connectivity index (χ3n) is 10.1. The Morgan fingerprint density at radius 1 is 1.11 bits per heavy atom. The summed E-state index contributed by atoms with van der Waals surface area (Å²) in [6, 6.07) is 8.12. The second-order valence-corrected chi connectivity index (χ2v) is 12.1. The minimum Gasteiger partial charge on any atom is -0.497 e. The molecule has 4 aliphatic rings. The van der Waals surface area contributed by atoms with Crippen molar-refractivity contribution >= 4 is 17.4 Å². The van der Waals surface area contributed by atoms with Crippen LogP contribution in [0.1, 0.15) is 65.9 Å². The van der Waals surface area contributed by atoms with Crippen molar-refractivity contribution in [3.05, 3.63) is 58.2 Å². The molecule has 5 heteroatoms.